The summed E-state index contributed by atoms with van der Waals surface area (Å²) in [5, 5.41) is 4.87. The van der Waals surface area contributed by atoms with E-state index in [0.717, 1.165) is 44.2 Å². The Bertz CT molecular complexity index is 857. The Morgan fingerprint density at radius 2 is 1.88 bits per heavy atom. The molecule has 0 atom stereocenters. The molecule has 1 aliphatic rings. The molecule has 3 aromatic rings. The standard InChI is InChI=1S/C17H19ClN8/c18-13-2-3-14(20-11-13)12-24-6-8-25(9-7-24)15-10-16(23-17(19)22-15)26-5-1-4-21-26/h1-5,10-11H,6-9,12H2,(H2,19,22,23). The van der Waals surface area contributed by atoms with Crippen LogP contribution in [0.1, 0.15) is 5.69 Å². The average molecular weight is 371 g/mol. The Morgan fingerprint density at radius 1 is 1.08 bits per heavy atom. The lowest BCUT2D eigenvalue weighted by molar-refractivity contribution is 0.246. The number of nitrogen functional groups attached to an aromatic ring is 1. The normalized spacial score (nSPS) is 15.3. The molecule has 134 valence electrons. The highest BCUT2D eigenvalue weighted by molar-refractivity contribution is 6.30. The van der Waals surface area contributed by atoms with Crippen molar-refractivity contribution in [3.8, 4) is 5.82 Å². The van der Waals surface area contributed by atoms with Crippen LogP contribution in [-0.2, 0) is 6.54 Å². The second kappa shape index (κ2) is 7.27. The molecule has 0 spiro atoms. The van der Waals surface area contributed by atoms with Gasteiger partial charge in [-0.15, -0.1) is 0 Å². The summed E-state index contributed by atoms with van der Waals surface area (Å²) in [7, 11) is 0. The number of piperazine rings is 1. The third-order valence-corrected chi connectivity index (χ3v) is 4.55. The Hall–Kier alpha value is -2.71. The molecule has 0 aliphatic carbocycles. The van der Waals surface area contributed by atoms with Crippen molar-refractivity contribution in [2.45, 2.75) is 6.54 Å². The van der Waals surface area contributed by atoms with E-state index >= 15 is 0 Å². The van der Waals surface area contributed by atoms with Crippen molar-refractivity contribution < 1.29 is 0 Å². The molecule has 0 bridgehead atoms. The quantitative estimate of drug-likeness (QED) is 0.746. The molecule has 0 aromatic carbocycles. The third kappa shape index (κ3) is 3.76. The van der Waals surface area contributed by atoms with E-state index in [1.165, 1.54) is 0 Å². The van der Waals surface area contributed by atoms with Gasteiger partial charge in [-0.25, -0.2) is 4.68 Å². The van der Waals surface area contributed by atoms with Gasteiger partial charge >= 0.3 is 0 Å². The van der Waals surface area contributed by atoms with E-state index in [4.69, 9.17) is 17.3 Å². The molecule has 9 heteroatoms. The van der Waals surface area contributed by atoms with Gasteiger partial charge in [-0.3, -0.25) is 9.88 Å². The zero-order valence-electron chi connectivity index (χ0n) is 14.2. The predicted octanol–water partition coefficient (Wildman–Crippen LogP) is 1.62. The maximum absolute atomic E-state index is 5.89. The largest absolute Gasteiger partial charge is 0.368 e. The van der Waals surface area contributed by atoms with Crippen LogP contribution < -0.4 is 10.6 Å². The van der Waals surface area contributed by atoms with Gasteiger partial charge in [0.1, 0.15) is 5.82 Å². The van der Waals surface area contributed by atoms with Crippen LogP contribution in [0.4, 0.5) is 11.8 Å². The van der Waals surface area contributed by atoms with Crippen LogP contribution in [0.15, 0.2) is 42.9 Å². The topological polar surface area (TPSA) is 89.0 Å². The van der Waals surface area contributed by atoms with Crippen molar-refractivity contribution in [3.05, 3.63) is 53.6 Å². The van der Waals surface area contributed by atoms with Crippen molar-refractivity contribution in [1.29, 1.82) is 0 Å². The Kier molecular flexibility index (Phi) is 4.68. The lowest BCUT2D eigenvalue weighted by Gasteiger charge is -2.35. The van der Waals surface area contributed by atoms with Gasteiger partial charge in [0.25, 0.3) is 0 Å². The number of aromatic nitrogens is 5. The SMILES string of the molecule is Nc1nc(N2CCN(Cc3ccc(Cl)cn3)CC2)cc(-n2cccn2)n1. The molecular weight excluding hydrogens is 352 g/mol. The van der Waals surface area contributed by atoms with Crippen LogP contribution >= 0.6 is 11.6 Å². The van der Waals surface area contributed by atoms with Gasteiger partial charge in [-0.2, -0.15) is 15.1 Å². The first-order valence-electron chi connectivity index (χ1n) is 8.40. The number of halogens is 1. The Morgan fingerprint density at radius 3 is 2.58 bits per heavy atom. The smallest absolute Gasteiger partial charge is 0.224 e. The van der Waals surface area contributed by atoms with E-state index in [9.17, 15) is 0 Å². The molecule has 2 N–H and O–H groups in total. The van der Waals surface area contributed by atoms with E-state index in [2.05, 4.69) is 29.9 Å². The minimum absolute atomic E-state index is 0.251. The van der Waals surface area contributed by atoms with Crippen molar-refractivity contribution in [2.75, 3.05) is 36.8 Å². The minimum Gasteiger partial charge on any atom is -0.368 e. The zero-order valence-corrected chi connectivity index (χ0v) is 14.9. The molecule has 0 saturated carbocycles. The number of hydrogen-bond acceptors (Lipinski definition) is 7. The van der Waals surface area contributed by atoms with Crippen LogP contribution in [-0.4, -0.2) is 55.8 Å². The number of anilines is 2. The number of hydrogen-bond donors (Lipinski definition) is 1. The summed E-state index contributed by atoms with van der Waals surface area (Å²) in [6, 6.07) is 7.61. The molecule has 1 saturated heterocycles. The second-order valence-electron chi connectivity index (χ2n) is 6.12. The van der Waals surface area contributed by atoms with Gasteiger partial charge in [0, 0.05) is 57.4 Å². The molecule has 4 rings (SSSR count). The van der Waals surface area contributed by atoms with Crippen LogP contribution in [0.2, 0.25) is 5.02 Å². The highest BCUT2D eigenvalue weighted by Crippen LogP contribution is 2.19. The fraction of sp³-hybridized carbons (Fsp3) is 0.294. The molecule has 0 unspecified atom stereocenters. The minimum atomic E-state index is 0.251. The molecule has 4 heterocycles. The molecule has 1 fully saturated rings. The summed E-state index contributed by atoms with van der Waals surface area (Å²) in [6.07, 6.45) is 5.23. The van der Waals surface area contributed by atoms with E-state index < -0.39 is 0 Å². The summed E-state index contributed by atoms with van der Waals surface area (Å²) in [6.45, 7) is 4.39. The van der Waals surface area contributed by atoms with Crippen molar-refractivity contribution in [3.63, 3.8) is 0 Å². The third-order valence-electron chi connectivity index (χ3n) is 4.33. The maximum atomic E-state index is 5.89. The van der Waals surface area contributed by atoms with E-state index in [1.807, 2.05) is 30.5 Å². The number of pyridine rings is 1. The van der Waals surface area contributed by atoms with Gasteiger partial charge in [-0.05, 0) is 18.2 Å². The van der Waals surface area contributed by atoms with Crippen LogP contribution in [0.5, 0.6) is 0 Å². The first kappa shape index (κ1) is 16.7. The van der Waals surface area contributed by atoms with Crippen molar-refractivity contribution >= 4 is 23.4 Å². The average Bonchev–Trinajstić information content (AvgIpc) is 3.19. The molecule has 26 heavy (non-hydrogen) atoms. The second-order valence-corrected chi connectivity index (χ2v) is 6.56. The summed E-state index contributed by atoms with van der Waals surface area (Å²) < 4.78 is 1.68. The summed E-state index contributed by atoms with van der Waals surface area (Å²) in [5.74, 6) is 1.75. The molecule has 0 radical (unpaired) electrons. The number of nitrogens with zero attached hydrogens (tertiary/aromatic N) is 7. The van der Waals surface area contributed by atoms with Gasteiger partial charge in [0.15, 0.2) is 5.82 Å². The van der Waals surface area contributed by atoms with Gasteiger partial charge in [-0.1, -0.05) is 11.6 Å². The molecule has 3 aromatic heterocycles. The molecular formula is C17H19ClN8. The van der Waals surface area contributed by atoms with Gasteiger partial charge < -0.3 is 10.6 Å². The highest BCUT2D eigenvalue weighted by atomic mass is 35.5. The first-order valence-corrected chi connectivity index (χ1v) is 8.77. The van der Waals surface area contributed by atoms with Crippen LogP contribution in [0.25, 0.3) is 5.82 Å². The van der Waals surface area contributed by atoms with E-state index in [0.29, 0.717) is 10.8 Å². The van der Waals surface area contributed by atoms with Crippen molar-refractivity contribution in [2.24, 2.45) is 0 Å². The van der Waals surface area contributed by atoms with E-state index in [1.54, 1.807) is 17.1 Å². The van der Waals surface area contributed by atoms with Gasteiger partial charge in [0.05, 0.1) is 10.7 Å². The summed E-state index contributed by atoms with van der Waals surface area (Å²) in [5.41, 5.74) is 6.92. The first-order chi connectivity index (χ1) is 12.7. The Balaban J connectivity index is 1.42. The van der Waals surface area contributed by atoms with Crippen LogP contribution in [0, 0.1) is 0 Å². The fourth-order valence-corrected chi connectivity index (χ4v) is 3.10. The number of nitrogens with two attached hydrogens (primary N) is 1. The molecule has 0 amide bonds. The summed E-state index contributed by atoms with van der Waals surface area (Å²) >= 11 is 5.89. The predicted molar refractivity (Wildman–Crippen MR) is 100 cm³/mol. The lowest BCUT2D eigenvalue weighted by Crippen LogP contribution is -2.46. The van der Waals surface area contributed by atoms with Gasteiger partial charge in [0.2, 0.25) is 5.95 Å². The molecule has 1 aliphatic heterocycles. The Labute approximate surface area is 156 Å². The lowest BCUT2D eigenvalue weighted by atomic mass is 10.2. The monoisotopic (exact) mass is 370 g/mol. The number of rotatable bonds is 4. The fourth-order valence-electron chi connectivity index (χ4n) is 2.99. The highest BCUT2D eigenvalue weighted by Gasteiger charge is 2.20. The summed E-state index contributed by atoms with van der Waals surface area (Å²) in [4.78, 5) is 17.6. The van der Waals surface area contributed by atoms with Crippen molar-refractivity contribution in [1.82, 2.24) is 29.6 Å². The van der Waals surface area contributed by atoms with Crippen LogP contribution in [0.3, 0.4) is 0 Å². The zero-order chi connectivity index (χ0) is 17.9. The maximum Gasteiger partial charge on any atom is 0.224 e. The van der Waals surface area contributed by atoms with E-state index in [-0.39, 0.29) is 5.95 Å². The molecule has 8 nitrogen and oxygen atoms in total.